The number of hydrogen-bond donors (Lipinski definition) is 1. The number of nitrogens with two attached hydrogens (primary N) is 1. The van der Waals surface area contributed by atoms with E-state index in [0.717, 1.165) is 11.0 Å². The van der Waals surface area contributed by atoms with Gasteiger partial charge in [0, 0.05) is 5.69 Å². The van der Waals surface area contributed by atoms with Gasteiger partial charge < -0.3 is 10.3 Å². The summed E-state index contributed by atoms with van der Waals surface area (Å²) in [6.07, 6.45) is 0. The van der Waals surface area contributed by atoms with Crippen LogP contribution in [0.15, 0.2) is 27.3 Å². The lowest BCUT2D eigenvalue weighted by atomic mass is 10.2. The average Bonchev–Trinajstić information content (AvgIpc) is 2.33. The molecule has 2 N–H and O–H groups in total. The van der Waals surface area contributed by atoms with Gasteiger partial charge in [0.25, 0.3) is 0 Å². The molecule has 1 aromatic heterocycles. The number of fused-ring (bicyclic) bond motifs is 1. The molecule has 0 radical (unpaired) electrons. The standard InChI is InChI=1S/C7H5BrN2O/c8-7-5-3-4(9)1-2-6(5)11-10-7/h1-3H,9H2. The summed E-state index contributed by atoms with van der Waals surface area (Å²) in [5.74, 6) is 0. The van der Waals surface area contributed by atoms with Crippen LogP contribution in [0, 0.1) is 0 Å². The average molecular weight is 213 g/mol. The highest BCUT2D eigenvalue weighted by atomic mass is 79.9. The zero-order chi connectivity index (χ0) is 7.84. The van der Waals surface area contributed by atoms with E-state index in [1.54, 1.807) is 12.1 Å². The number of rotatable bonds is 0. The molecule has 1 aromatic carbocycles. The summed E-state index contributed by atoms with van der Waals surface area (Å²) >= 11 is 3.24. The van der Waals surface area contributed by atoms with Crippen LogP contribution in [0.5, 0.6) is 0 Å². The van der Waals surface area contributed by atoms with Crippen molar-refractivity contribution in [2.75, 3.05) is 5.73 Å². The van der Waals surface area contributed by atoms with Crippen molar-refractivity contribution in [3.8, 4) is 0 Å². The van der Waals surface area contributed by atoms with Crippen LogP contribution >= 0.6 is 15.9 Å². The van der Waals surface area contributed by atoms with E-state index in [-0.39, 0.29) is 0 Å². The Hall–Kier alpha value is -1.03. The molecule has 0 spiro atoms. The summed E-state index contributed by atoms with van der Waals surface area (Å²) in [4.78, 5) is 0. The summed E-state index contributed by atoms with van der Waals surface area (Å²) in [7, 11) is 0. The van der Waals surface area contributed by atoms with Crippen LogP contribution in [0.3, 0.4) is 0 Å². The fourth-order valence-corrected chi connectivity index (χ4v) is 1.31. The molecule has 0 fully saturated rings. The lowest BCUT2D eigenvalue weighted by Gasteiger charge is -1.89. The van der Waals surface area contributed by atoms with Crippen LogP contribution in [-0.2, 0) is 0 Å². The predicted octanol–water partition coefficient (Wildman–Crippen LogP) is 2.17. The Morgan fingerprint density at radius 3 is 3.09 bits per heavy atom. The molecule has 0 saturated heterocycles. The zero-order valence-electron chi connectivity index (χ0n) is 5.54. The monoisotopic (exact) mass is 212 g/mol. The molecule has 0 aliphatic rings. The second kappa shape index (κ2) is 2.23. The smallest absolute Gasteiger partial charge is 0.168 e. The van der Waals surface area contributed by atoms with Crippen molar-refractivity contribution in [2.24, 2.45) is 0 Å². The summed E-state index contributed by atoms with van der Waals surface area (Å²) in [5, 5.41) is 4.63. The number of halogens is 1. The molecule has 1 heterocycles. The van der Waals surface area contributed by atoms with Gasteiger partial charge in [0.05, 0.1) is 5.39 Å². The highest BCUT2D eigenvalue weighted by Gasteiger charge is 2.03. The number of anilines is 1. The molecule has 0 amide bonds. The van der Waals surface area contributed by atoms with Crippen LogP contribution in [0.1, 0.15) is 0 Å². The number of nitrogen functional groups attached to an aromatic ring is 1. The van der Waals surface area contributed by atoms with E-state index in [1.807, 2.05) is 6.07 Å². The van der Waals surface area contributed by atoms with Gasteiger partial charge in [0.1, 0.15) is 0 Å². The van der Waals surface area contributed by atoms with E-state index < -0.39 is 0 Å². The quantitative estimate of drug-likeness (QED) is 0.682. The maximum absolute atomic E-state index is 5.56. The largest absolute Gasteiger partial charge is 0.399 e. The van der Waals surface area contributed by atoms with Crippen molar-refractivity contribution in [1.82, 2.24) is 5.16 Å². The van der Waals surface area contributed by atoms with Crippen molar-refractivity contribution >= 4 is 32.6 Å². The minimum absolute atomic E-state index is 0.694. The van der Waals surface area contributed by atoms with E-state index >= 15 is 0 Å². The third kappa shape index (κ3) is 0.991. The molecule has 0 unspecified atom stereocenters. The minimum atomic E-state index is 0.694. The summed E-state index contributed by atoms with van der Waals surface area (Å²) in [6.45, 7) is 0. The first-order valence-corrected chi connectivity index (χ1v) is 3.87. The molecule has 2 rings (SSSR count). The lowest BCUT2D eigenvalue weighted by Crippen LogP contribution is -1.81. The number of hydrogen-bond acceptors (Lipinski definition) is 3. The molecule has 56 valence electrons. The number of nitrogens with zero attached hydrogens (tertiary/aromatic N) is 1. The Balaban J connectivity index is 2.87. The molecule has 0 bridgehead atoms. The Morgan fingerprint density at radius 1 is 1.45 bits per heavy atom. The van der Waals surface area contributed by atoms with Crippen LogP contribution < -0.4 is 5.73 Å². The number of aromatic nitrogens is 1. The van der Waals surface area contributed by atoms with Gasteiger partial charge in [-0.25, -0.2) is 0 Å². The SMILES string of the molecule is Nc1ccc2onc(Br)c2c1. The second-order valence-electron chi connectivity index (χ2n) is 2.23. The van der Waals surface area contributed by atoms with E-state index in [0.29, 0.717) is 10.3 Å². The van der Waals surface area contributed by atoms with Crippen LogP contribution in [0.2, 0.25) is 0 Å². The molecule has 0 atom stereocenters. The Bertz CT molecular complexity index is 396. The summed E-state index contributed by atoms with van der Waals surface area (Å²) in [6, 6.07) is 5.39. The molecule has 0 saturated carbocycles. The van der Waals surface area contributed by atoms with E-state index in [4.69, 9.17) is 10.3 Å². The third-order valence-electron chi connectivity index (χ3n) is 1.45. The van der Waals surface area contributed by atoms with E-state index in [2.05, 4.69) is 21.1 Å². The predicted molar refractivity (Wildman–Crippen MR) is 46.1 cm³/mol. The van der Waals surface area contributed by atoms with Gasteiger partial charge in [-0.05, 0) is 34.1 Å². The molecule has 3 nitrogen and oxygen atoms in total. The molecule has 2 aromatic rings. The van der Waals surface area contributed by atoms with Gasteiger partial charge in [-0.1, -0.05) is 5.16 Å². The van der Waals surface area contributed by atoms with E-state index in [1.165, 1.54) is 0 Å². The maximum atomic E-state index is 5.56. The lowest BCUT2D eigenvalue weighted by molar-refractivity contribution is 0.451. The third-order valence-corrected chi connectivity index (χ3v) is 2.02. The fourth-order valence-electron chi connectivity index (χ4n) is 0.927. The van der Waals surface area contributed by atoms with Crippen LogP contribution in [-0.4, -0.2) is 5.16 Å². The molecule has 0 aliphatic heterocycles. The Morgan fingerprint density at radius 2 is 2.27 bits per heavy atom. The minimum Gasteiger partial charge on any atom is -0.399 e. The van der Waals surface area contributed by atoms with Gasteiger partial charge in [0.15, 0.2) is 10.2 Å². The van der Waals surface area contributed by atoms with Crippen LogP contribution in [0.25, 0.3) is 11.0 Å². The Kier molecular flexibility index (Phi) is 1.35. The van der Waals surface area contributed by atoms with Crippen molar-refractivity contribution in [3.63, 3.8) is 0 Å². The first-order chi connectivity index (χ1) is 5.27. The first-order valence-electron chi connectivity index (χ1n) is 3.08. The topological polar surface area (TPSA) is 52.0 Å². The normalized spacial score (nSPS) is 10.6. The van der Waals surface area contributed by atoms with Crippen molar-refractivity contribution in [3.05, 3.63) is 22.8 Å². The highest BCUT2D eigenvalue weighted by molar-refractivity contribution is 9.10. The maximum Gasteiger partial charge on any atom is 0.168 e. The van der Waals surface area contributed by atoms with Gasteiger partial charge in [-0.3, -0.25) is 0 Å². The van der Waals surface area contributed by atoms with Crippen LogP contribution in [0.4, 0.5) is 5.69 Å². The molecular formula is C7H5BrN2O. The molecular weight excluding hydrogens is 208 g/mol. The van der Waals surface area contributed by atoms with E-state index in [9.17, 15) is 0 Å². The van der Waals surface area contributed by atoms with Gasteiger partial charge in [-0.2, -0.15) is 0 Å². The van der Waals surface area contributed by atoms with Gasteiger partial charge in [-0.15, -0.1) is 0 Å². The van der Waals surface area contributed by atoms with Crippen molar-refractivity contribution in [2.45, 2.75) is 0 Å². The number of benzene rings is 1. The first kappa shape index (κ1) is 6.67. The van der Waals surface area contributed by atoms with Gasteiger partial charge in [0.2, 0.25) is 0 Å². The fraction of sp³-hybridized carbons (Fsp3) is 0. The van der Waals surface area contributed by atoms with Gasteiger partial charge >= 0.3 is 0 Å². The Labute approximate surface area is 71.3 Å². The molecule has 4 heteroatoms. The molecule has 11 heavy (non-hydrogen) atoms. The summed E-state index contributed by atoms with van der Waals surface area (Å²) < 4.78 is 5.65. The zero-order valence-corrected chi connectivity index (χ0v) is 7.13. The molecule has 0 aliphatic carbocycles. The highest BCUT2D eigenvalue weighted by Crippen LogP contribution is 2.24. The summed E-state index contributed by atoms with van der Waals surface area (Å²) in [5.41, 5.74) is 7.01. The van der Waals surface area contributed by atoms with Crippen molar-refractivity contribution < 1.29 is 4.52 Å². The van der Waals surface area contributed by atoms with Crippen molar-refractivity contribution in [1.29, 1.82) is 0 Å². The second-order valence-corrected chi connectivity index (χ2v) is 2.98.